The number of thioether (sulfide) groups is 1. The van der Waals surface area contributed by atoms with Crippen molar-refractivity contribution in [3.63, 3.8) is 0 Å². The molecule has 0 saturated carbocycles. The van der Waals surface area contributed by atoms with Crippen molar-refractivity contribution in [2.24, 2.45) is 0 Å². The maximum absolute atomic E-state index is 11.5. The topological polar surface area (TPSA) is 66.4 Å². The molecule has 0 unspecified atom stereocenters. The van der Waals surface area contributed by atoms with E-state index in [1.54, 1.807) is 36.0 Å². The van der Waals surface area contributed by atoms with Crippen LogP contribution in [-0.2, 0) is 16.0 Å². The molecule has 98 valence electrons. The Balaban J connectivity index is 2.43. The number of rotatable bonds is 7. The number of carboxylic acids is 1. The van der Waals surface area contributed by atoms with E-state index in [-0.39, 0.29) is 12.3 Å². The number of hydrogen-bond acceptors (Lipinski definition) is 3. The zero-order valence-corrected chi connectivity index (χ0v) is 11.1. The van der Waals surface area contributed by atoms with Crippen molar-refractivity contribution >= 4 is 29.3 Å². The molecule has 0 saturated heterocycles. The highest BCUT2D eigenvalue weighted by molar-refractivity contribution is 7.98. The Hall–Kier alpha value is -1.49. The zero-order chi connectivity index (χ0) is 13.4. The van der Waals surface area contributed by atoms with Gasteiger partial charge in [-0.1, -0.05) is 12.1 Å². The summed E-state index contributed by atoms with van der Waals surface area (Å²) >= 11 is 1.72. The van der Waals surface area contributed by atoms with Gasteiger partial charge in [-0.25, -0.2) is 0 Å². The number of carboxylic acid groups (broad SMARTS) is 1. The summed E-state index contributed by atoms with van der Waals surface area (Å²) in [5.41, 5.74) is 1.43. The summed E-state index contributed by atoms with van der Waals surface area (Å²) in [4.78, 5) is 22.0. The number of hydrogen-bond donors (Lipinski definition) is 2. The third-order valence-corrected chi connectivity index (χ3v) is 3.04. The fraction of sp³-hybridized carbons (Fsp3) is 0.385. The van der Waals surface area contributed by atoms with Gasteiger partial charge >= 0.3 is 5.97 Å². The minimum Gasteiger partial charge on any atom is -0.481 e. The van der Waals surface area contributed by atoms with Crippen molar-refractivity contribution in [2.75, 3.05) is 17.3 Å². The summed E-state index contributed by atoms with van der Waals surface area (Å²) in [7, 11) is 0. The zero-order valence-electron chi connectivity index (χ0n) is 10.3. The maximum atomic E-state index is 11.5. The fourth-order valence-electron chi connectivity index (χ4n) is 1.48. The van der Waals surface area contributed by atoms with E-state index in [0.29, 0.717) is 12.1 Å². The molecule has 0 fully saturated rings. The lowest BCUT2D eigenvalue weighted by molar-refractivity contribution is -0.136. The lowest BCUT2D eigenvalue weighted by Crippen LogP contribution is -2.11. The average molecular weight is 267 g/mol. The van der Waals surface area contributed by atoms with Crippen LogP contribution in [0.4, 0.5) is 5.69 Å². The van der Waals surface area contributed by atoms with Crippen LogP contribution in [0.5, 0.6) is 0 Å². The van der Waals surface area contributed by atoms with E-state index >= 15 is 0 Å². The SMILES string of the molecule is CSCCCC(=O)Nc1ccc(CC(=O)O)cc1. The summed E-state index contributed by atoms with van der Waals surface area (Å²) in [6, 6.07) is 6.88. The second-order valence-corrected chi connectivity index (χ2v) is 4.90. The van der Waals surface area contributed by atoms with Crippen LogP contribution in [0.2, 0.25) is 0 Å². The quantitative estimate of drug-likeness (QED) is 0.744. The monoisotopic (exact) mass is 267 g/mol. The van der Waals surface area contributed by atoms with Gasteiger partial charge in [0, 0.05) is 12.1 Å². The van der Waals surface area contributed by atoms with E-state index in [1.807, 2.05) is 6.26 Å². The van der Waals surface area contributed by atoms with Crippen LogP contribution in [0.1, 0.15) is 18.4 Å². The number of anilines is 1. The minimum absolute atomic E-state index is 0.00193. The molecule has 2 N–H and O–H groups in total. The van der Waals surface area contributed by atoms with Crippen LogP contribution in [0.25, 0.3) is 0 Å². The first kappa shape index (κ1) is 14.6. The number of carbonyl (C=O) groups is 2. The smallest absolute Gasteiger partial charge is 0.307 e. The molecule has 0 heterocycles. The van der Waals surface area contributed by atoms with E-state index in [9.17, 15) is 9.59 Å². The predicted octanol–water partition coefficient (Wildman–Crippen LogP) is 2.40. The Kier molecular flexibility index (Phi) is 6.28. The Morgan fingerprint density at radius 3 is 2.50 bits per heavy atom. The molecule has 0 radical (unpaired) electrons. The summed E-state index contributed by atoms with van der Waals surface area (Å²) in [6.07, 6.45) is 3.39. The van der Waals surface area contributed by atoms with Crippen molar-refractivity contribution in [1.82, 2.24) is 0 Å². The van der Waals surface area contributed by atoms with Gasteiger partial charge in [0.1, 0.15) is 0 Å². The summed E-state index contributed by atoms with van der Waals surface area (Å²) < 4.78 is 0. The molecule has 1 amide bonds. The second-order valence-electron chi connectivity index (χ2n) is 3.91. The molecule has 5 heteroatoms. The highest BCUT2D eigenvalue weighted by atomic mass is 32.2. The van der Waals surface area contributed by atoms with Gasteiger partial charge in [-0.15, -0.1) is 0 Å². The Morgan fingerprint density at radius 1 is 1.28 bits per heavy atom. The van der Waals surface area contributed by atoms with Gasteiger partial charge < -0.3 is 10.4 Å². The van der Waals surface area contributed by atoms with Crippen molar-refractivity contribution in [2.45, 2.75) is 19.3 Å². The van der Waals surface area contributed by atoms with Crippen molar-refractivity contribution in [1.29, 1.82) is 0 Å². The number of amides is 1. The second kappa shape index (κ2) is 7.76. The molecule has 0 atom stereocenters. The Labute approximate surface area is 111 Å². The standard InChI is InChI=1S/C13H17NO3S/c1-18-8-2-3-12(15)14-11-6-4-10(5-7-11)9-13(16)17/h4-7H,2-3,8-9H2,1H3,(H,14,15)(H,16,17). The van der Waals surface area contributed by atoms with E-state index < -0.39 is 5.97 Å². The summed E-state index contributed by atoms with van der Waals surface area (Å²) in [6.45, 7) is 0. The molecule has 0 bridgehead atoms. The van der Waals surface area contributed by atoms with E-state index in [1.165, 1.54) is 0 Å². The number of aliphatic carboxylic acids is 1. The third-order valence-electron chi connectivity index (χ3n) is 2.35. The van der Waals surface area contributed by atoms with Crippen LogP contribution < -0.4 is 5.32 Å². The first-order chi connectivity index (χ1) is 8.61. The minimum atomic E-state index is -0.858. The molecule has 1 rings (SSSR count). The highest BCUT2D eigenvalue weighted by Gasteiger charge is 2.03. The summed E-state index contributed by atoms with van der Waals surface area (Å²) in [5, 5.41) is 11.4. The lowest BCUT2D eigenvalue weighted by Gasteiger charge is -2.05. The Morgan fingerprint density at radius 2 is 1.94 bits per heavy atom. The molecule has 4 nitrogen and oxygen atoms in total. The molecule has 1 aromatic rings. The highest BCUT2D eigenvalue weighted by Crippen LogP contribution is 2.11. The lowest BCUT2D eigenvalue weighted by atomic mass is 10.1. The van der Waals surface area contributed by atoms with Gasteiger partial charge in [-0.3, -0.25) is 9.59 Å². The molecular formula is C13H17NO3S. The van der Waals surface area contributed by atoms with Gasteiger partial charge in [0.25, 0.3) is 0 Å². The molecule has 0 spiro atoms. The van der Waals surface area contributed by atoms with Crippen LogP contribution in [-0.4, -0.2) is 29.0 Å². The molecule has 1 aromatic carbocycles. The van der Waals surface area contributed by atoms with Crippen molar-refractivity contribution < 1.29 is 14.7 Å². The molecule has 0 aliphatic carbocycles. The summed E-state index contributed by atoms with van der Waals surface area (Å²) in [5.74, 6) is 0.115. The first-order valence-electron chi connectivity index (χ1n) is 5.71. The predicted molar refractivity (Wildman–Crippen MR) is 74.0 cm³/mol. The average Bonchev–Trinajstić information content (AvgIpc) is 2.31. The number of nitrogens with one attached hydrogen (secondary N) is 1. The number of carbonyl (C=O) groups excluding carboxylic acids is 1. The van der Waals surface area contributed by atoms with E-state index in [2.05, 4.69) is 5.32 Å². The largest absolute Gasteiger partial charge is 0.481 e. The van der Waals surface area contributed by atoms with E-state index in [0.717, 1.165) is 17.7 Å². The van der Waals surface area contributed by atoms with Crippen LogP contribution in [0.3, 0.4) is 0 Å². The van der Waals surface area contributed by atoms with Gasteiger partial charge in [0.15, 0.2) is 0 Å². The first-order valence-corrected chi connectivity index (χ1v) is 7.10. The van der Waals surface area contributed by atoms with Crippen molar-refractivity contribution in [3.8, 4) is 0 Å². The molecule has 0 aromatic heterocycles. The van der Waals surface area contributed by atoms with Gasteiger partial charge in [-0.05, 0) is 36.1 Å². The van der Waals surface area contributed by atoms with Gasteiger partial charge in [0.2, 0.25) is 5.91 Å². The van der Waals surface area contributed by atoms with Crippen LogP contribution >= 0.6 is 11.8 Å². The third kappa shape index (κ3) is 5.72. The van der Waals surface area contributed by atoms with Crippen molar-refractivity contribution in [3.05, 3.63) is 29.8 Å². The normalized spacial score (nSPS) is 10.1. The number of benzene rings is 1. The van der Waals surface area contributed by atoms with Gasteiger partial charge in [-0.2, -0.15) is 11.8 Å². The van der Waals surface area contributed by atoms with Crippen LogP contribution in [0, 0.1) is 0 Å². The molecule has 0 aliphatic heterocycles. The Bertz CT molecular complexity index is 403. The van der Waals surface area contributed by atoms with Crippen LogP contribution in [0.15, 0.2) is 24.3 Å². The maximum Gasteiger partial charge on any atom is 0.307 e. The molecule has 0 aliphatic rings. The molecular weight excluding hydrogens is 250 g/mol. The molecule has 18 heavy (non-hydrogen) atoms. The van der Waals surface area contributed by atoms with E-state index in [4.69, 9.17) is 5.11 Å². The fourth-order valence-corrected chi connectivity index (χ4v) is 1.91. The van der Waals surface area contributed by atoms with Gasteiger partial charge in [0.05, 0.1) is 6.42 Å².